The second kappa shape index (κ2) is 14.5. The zero-order chi connectivity index (χ0) is 19.0. The van der Waals surface area contributed by atoms with Crippen molar-refractivity contribution in [3.63, 3.8) is 0 Å². The largest absolute Gasteiger partial charge is 0.396 e. The first kappa shape index (κ1) is 22.4. The van der Waals surface area contributed by atoms with Crippen LogP contribution in [0.15, 0.2) is 54.6 Å². The molecule has 0 radical (unpaired) electrons. The summed E-state index contributed by atoms with van der Waals surface area (Å²) in [6.45, 7) is 4.62. The molecule has 1 atom stereocenters. The maximum atomic E-state index is 9.75. The Morgan fingerprint density at radius 3 is 2.27 bits per heavy atom. The van der Waals surface area contributed by atoms with Gasteiger partial charge in [0.1, 0.15) is 0 Å². The third-order valence-corrected chi connectivity index (χ3v) is 4.47. The van der Waals surface area contributed by atoms with E-state index < -0.39 is 0 Å². The number of aryl methyl sites for hydroxylation is 2. The summed E-state index contributed by atoms with van der Waals surface area (Å²) in [6.07, 6.45) is 8.55. The molecular formula is C24H36O2. The van der Waals surface area contributed by atoms with Gasteiger partial charge in [-0.15, -0.1) is 0 Å². The van der Waals surface area contributed by atoms with E-state index >= 15 is 0 Å². The van der Waals surface area contributed by atoms with E-state index in [0.29, 0.717) is 6.61 Å². The van der Waals surface area contributed by atoms with Crippen molar-refractivity contribution in [2.75, 3.05) is 6.61 Å². The number of hydrogen-bond acceptors (Lipinski definition) is 2. The molecular weight excluding hydrogens is 320 g/mol. The van der Waals surface area contributed by atoms with Crippen LogP contribution in [-0.4, -0.2) is 16.8 Å². The molecule has 0 heterocycles. The molecule has 0 saturated carbocycles. The molecule has 2 heteroatoms. The van der Waals surface area contributed by atoms with E-state index in [1.165, 1.54) is 30.4 Å². The number of rotatable bonds is 10. The molecule has 2 aromatic rings. The average Bonchev–Trinajstić information content (AvgIpc) is 2.67. The van der Waals surface area contributed by atoms with Gasteiger partial charge >= 0.3 is 0 Å². The fourth-order valence-corrected chi connectivity index (χ4v) is 2.91. The van der Waals surface area contributed by atoms with E-state index in [9.17, 15) is 5.11 Å². The Balaban J connectivity index is 0.000000260. The van der Waals surface area contributed by atoms with Gasteiger partial charge in [-0.1, -0.05) is 92.8 Å². The highest BCUT2D eigenvalue weighted by Gasteiger charge is 2.04. The summed E-state index contributed by atoms with van der Waals surface area (Å²) in [7, 11) is 0. The predicted molar refractivity (Wildman–Crippen MR) is 111 cm³/mol. The number of hydrogen-bond donors (Lipinski definition) is 2. The molecule has 2 aromatic carbocycles. The highest BCUT2D eigenvalue weighted by Crippen LogP contribution is 2.18. The first-order valence-electron chi connectivity index (χ1n) is 10.1. The van der Waals surface area contributed by atoms with Gasteiger partial charge in [0.15, 0.2) is 0 Å². The molecule has 1 unspecified atom stereocenters. The monoisotopic (exact) mass is 356 g/mol. The summed E-state index contributed by atoms with van der Waals surface area (Å²) >= 11 is 0. The molecule has 0 spiro atoms. The summed E-state index contributed by atoms with van der Waals surface area (Å²) in [5.74, 6) is 0. The van der Waals surface area contributed by atoms with E-state index in [2.05, 4.69) is 38.1 Å². The van der Waals surface area contributed by atoms with Gasteiger partial charge in [-0.3, -0.25) is 0 Å². The van der Waals surface area contributed by atoms with Crippen molar-refractivity contribution in [3.05, 3.63) is 71.3 Å². The molecule has 0 aliphatic carbocycles. The second-order valence-electron chi connectivity index (χ2n) is 6.95. The minimum absolute atomic E-state index is 0.271. The van der Waals surface area contributed by atoms with E-state index in [1.54, 1.807) is 0 Å². The third kappa shape index (κ3) is 10.4. The maximum absolute atomic E-state index is 9.75. The number of benzene rings is 2. The Kier molecular flexibility index (Phi) is 12.5. The quantitative estimate of drug-likeness (QED) is 0.513. The lowest BCUT2D eigenvalue weighted by Crippen LogP contribution is -1.96. The molecule has 0 fully saturated rings. The first-order chi connectivity index (χ1) is 12.7. The van der Waals surface area contributed by atoms with Crippen LogP contribution in [-0.2, 0) is 6.42 Å². The van der Waals surface area contributed by atoms with Gasteiger partial charge in [-0.05, 0) is 43.7 Å². The number of unbranched alkanes of at least 4 members (excludes halogenated alkanes) is 4. The Labute approximate surface area is 159 Å². The molecule has 0 amide bonds. The Bertz CT molecular complexity index is 565. The van der Waals surface area contributed by atoms with Crippen molar-refractivity contribution in [1.29, 1.82) is 0 Å². The van der Waals surface area contributed by atoms with E-state index in [1.807, 2.05) is 30.3 Å². The minimum Gasteiger partial charge on any atom is -0.396 e. The molecule has 0 aromatic heterocycles. The molecule has 2 rings (SSSR count). The molecule has 0 aliphatic rings. The van der Waals surface area contributed by atoms with Gasteiger partial charge in [0.25, 0.3) is 0 Å². The van der Waals surface area contributed by atoms with E-state index in [0.717, 1.165) is 37.7 Å². The minimum atomic E-state index is -0.271. The lowest BCUT2D eigenvalue weighted by Gasteiger charge is -2.09. The van der Waals surface area contributed by atoms with Crippen molar-refractivity contribution < 1.29 is 10.2 Å². The molecule has 0 aliphatic heterocycles. The number of aliphatic hydroxyl groups is 2. The van der Waals surface area contributed by atoms with Crippen molar-refractivity contribution in [2.45, 2.75) is 71.3 Å². The fourth-order valence-electron chi connectivity index (χ4n) is 2.91. The van der Waals surface area contributed by atoms with Crippen LogP contribution in [0.1, 0.15) is 74.7 Å². The molecule has 144 valence electrons. The van der Waals surface area contributed by atoms with Crippen LogP contribution in [0.3, 0.4) is 0 Å². The molecule has 0 bridgehead atoms. The lowest BCUT2D eigenvalue weighted by atomic mass is 10.0. The Morgan fingerprint density at radius 1 is 0.846 bits per heavy atom. The maximum Gasteiger partial charge on any atom is 0.0790 e. The summed E-state index contributed by atoms with van der Waals surface area (Å²) in [5, 5.41) is 18.4. The summed E-state index contributed by atoms with van der Waals surface area (Å²) in [4.78, 5) is 0. The Hall–Kier alpha value is -1.64. The second-order valence-corrected chi connectivity index (χ2v) is 6.95. The highest BCUT2D eigenvalue weighted by molar-refractivity contribution is 5.22. The van der Waals surface area contributed by atoms with Crippen LogP contribution < -0.4 is 0 Å². The zero-order valence-corrected chi connectivity index (χ0v) is 16.5. The topological polar surface area (TPSA) is 40.5 Å². The normalized spacial score (nSPS) is 11.5. The first-order valence-corrected chi connectivity index (χ1v) is 10.1. The van der Waals surface area contributed by atoms with Crippen LogP contribution >= 0.6 is 0 Å². The van der Waals surface area contributed by atoms with Gasteiger partial charge in [0, 0.05) is 6.61 Å². The van der Waals surface area contributed by atoms with Crippen LogP contribution in [0.25, 0.3) is 0 Å². The molecule has 2 nitrogen and oxygen atoms in total. The van der Waals surface area contributed by atoms with Crippen molar-refractivity contribution in [2.24, 2.45) is 0 Å². The predicted octanol–water partition coefficient (Wildman–Crippen LogP) is 6.00. The van der Waals surface area contributed by atoms with Gasteiger partial charge in [0.05, 0.1) is 6.10 Å². The number of aliphatic hydroxyl groups excluding tert-OH is 2. The SMILES string of the molecule is CCCCCC(O)c1ccccc1.Cc1cccc(CCCCCO)c1. The zero-order valence-electron chi connectivity index (χ0n) is 16.5. The van der Waals surface area contributed by atoms with E-state index in [4.69, 9.17) is 5.11 Å². The summed E-state index contributed by atoms with van der Waals surface area (Å²) in [5.41, 5.74) is 3.79. The van der Waals surface area contributed by atoms with E-state index in [-0.39, 0.29) is 6.10 Å². The van der Waals surface area contributed by atoms with Crippen molar-refractivity contribution in [3.8, 4) is 0 Å². The fraction of sp³-hybridized carbons (Fsp3) is 0.500. The molecule has 0 saturated heterocycles. The molecule has 2 N–H and O–H groups in total. The highest BCUT2D eigenvalue weighted by atomic mass is 16.3. The van der Waals surface area contributed by atoms with Crippen LogP contribution in [0.5, 0.6) is 0 Å². The smallest absolute Gasteiger partial charge is 0.0790 e. The van der Waals surface area contributed by atoms with Crippen LogP contribution in [0, 0.1) is 6.92 Å². The standard InChI is InChI=1S/2C12H18O/c1-11-6-5-8-12(10-11)7-3-2-4-9-13;1-2-3-5-10-12(13)11-8-6-4-7-9-11/h5-6,8,10,13H,2-4,7,9H2,1H3;4,6-9,12-13H,2-3,5,10H2,1H3. The molecule has 26 heavy (non-hydrogen) atoms. The third-order valence-electron chi connectivity index (χ3n) is 4.47. The summed E-state index contributed by atoms with van der Waals surface area (Å²) < 4.78 is 0. The summed E-state index contributed by atoms with van der Waals surface area (Å²) in [6, 6.07) is 18.5. The van der Waals surface area contributed by atoms with Gasteiger partial charge in [-0.2, -0.15) is 0 Å². The Morgan fingerprint density at radius 2 is 1.62 bits per heavy atom. The van der Waals surface area contributed by atoms with Crippen molar-refractivity contribution in [1.82, 2.24) is 0 Å². The van der Waals surface area contributed by atoms with Crippen LogP contribution in [0.4, 0.5) is 0 Å². The van der Waals surface area contributed by atoms with Gasteiger partial charge in [0.2, 0.25) is 0 Å². The lowest BCUT2D eigenvalue weighted by molar-refractivity contribution is 0.163. The van der Waals surface area contributed by atoms with Crippen LogP contribution in [0.2, 0.25) is 0 Å². The van der Waals surface area contributed by atoms with Gasteiger partial charge < -0.3 is 10.2 Å². The van der Waals surface area contributed by atoms with Gasteiger partial charge in [-0.25, -0.2) is 0 Å². The average molecular weight is 357 g/mol. The van der Waals surface area contributed by atoms with Crippen molar-refractivity contribution >= 4 is 0 Å².